The second-order valence-electron chi connectivity index (χ2n) is 1.82. The molecule has 0 aromatic heterocycles. The van der Waals surface area contributed by atoms with E-state index in [0.29, 0.717) is 12.8 Å². The highest BCUT2D eigenvalue weighted by molar-refractivity contribution is 5.92. The summed E-state index contributed by atoms with van der Waals surface area (Å²) in [4.78, 5) is 20.7. The largest absolute Gasteiger partial charge is 0.349 e. The molecule has 0 aromatic carbocycles. The second kappa shape index (κ2) is 4.97. The molecular formula is C7H13NO2. The zero-order chi connectivity index (χ0) is 7.98. The van der Waals surface area contributed by atoms with Crippen molar-refractivity contribution >= 4 is 11.7 Å². The lowest BCUT2D eigenvalue weighted by molar-refractivity contribution is -0.129. The molecule has 58 valence electrons. The number of carbonyl (C=O) groups is 2. The molecule has 3 nitrogen and oxygen atoms in total. The first-order valence-corrected chi connectivity index (χ1v) is 3.57. The van der Waals surface area contributed by atoms with Gasteiger partial charge in [-0.15, -0.1) is 0 Å². The highest BCUT2D eigenvalue weighted by Gasteiger charge is 2.12. The van der Waals surface area contributed by atoms with Gasteiger partial charge in [0, 0.05) is 12.8 Å². The van der Waals surface area contributed by atoms with Crippen LogP contribution in [-0.2, 0) is 9.59 Å². The third kappa shape index (κ3) is 3.22. The maximum atomic E-state index is 10.4. The molecule has 1 saturated heterocycles. The molecule has 10 heavy (non-hydrogen) atoms. The highest BCUT2D eigenvalue weighted by atomic mass is 16.2. The lowest BCUT2D eigenvalue weighted by Crippen LogP contribution is -2.34. The molecule has 0 bridgehead atoms. The Balaban J connectivity index is 0.000000371. The molecular weight excluding hydrogens is 130 g/mol. The van der Waals surface area contributed by atoms with Gasteiger partial charge >= 0.3 is 0 Å². The molecule has 3 heteroatoms. The molecule has 0 aromatic rings. The van der Waals surface area contributed by atoms with Crippen LogP contribution in [0.15, 0.2) is 0 Å². The molecule has 0 saturated carbocycles. The minimum atomic E-state index is -0.00963. The number of Topliss-reactive ketones (excluding diaryl/α,β-unsaturated/α-hetero) is 1. The molecule has 1 amide bonds. The molecule has 1 N–H and O–H groups in total. The lowest BCUT2D eigenvalue weighted by atomic mass is 10.1. The van der Waals surface area contributed by atoms with Crippen molar-refractivity contribution in [2.75, 3.05) is 6.54 Å². The summed E-state index contributed by atoms with van der Waals surface area (Å²) >= 11 is 0. The molecule has 0 unspecified atom stereocenters. The second-order valence-corrected chi connectivity index (χ2v) is 1.82. The average Bonchev–Trinajstić information content (AvgIpc) is 2.00. The van der Waals surface area contributed by atoms with Crippen molar-refractivity contribution in [1.82, 2.24) is 5.32 Å². The van der Waals surface area contributed by atoms with E-state index in [1.165, 1.54) is 0 Å². The van der Waals surface area contributed by atoms with Gasteiger partial charge in [0.15, 0.2) is 5.78 Å². The number of carbonyl (C=O) groups excluding carboxylic acids is 2. The van der Waals surface area contributed by atoms with Crippen LogP contribution in [0.4, 0.5) is 0 Å². The molecule has 1 heterocycles. The summed E-state index contributed by atoms with van der Waals surface area (Å²) in [5.74, 6) is 0.120. The van der Waals surface area contributed by atoms with Crippen molar-refractivity contribution in [3.05, 3.63) is 0 Å². The molecule has 0 aliphatic carbocycles. The molecule has 1 aliphatic heterocycles. The van der Waals surface area contributed by atoms with E-state index in [0.717, 1.165) is 0 Å². The van der Waals surface area contributed by atoms with Crippen molar-refractivity contribution in [2.45, 2.75) is 26.7 Å². The lowest BCUT2D eigenvalue weighted by Gasteiger charge is -2.08. The van der Waals surface area contributed by atoms with Gasteiger partial charge in [0.25, 0.3) is 0 Å². The van der Waals surface area contributed by atoms with Crippen LogP contribution in [0.2, 0.25) is 0 Å². The number of rotatable bonds is 0. The van der Waals surface area contributed by atoms with E-state index in [1.54, 1.807) is 0 Å². The van der Waals surface area contributed by atoms with Crippen LogP contribution < -0.4 is 5.32 Å². The van der Waals surface area contributed by atoms with E-state index in [2.05, 4.69) is 5.32 Å². The Hall–Kier alpha value is -0.860. The van der Waals surface area contributed by atoms with Crippen molar-refractivity contribution in [2.24, 2.45) is 0 Å². The SMILES string of the molecule is CC.O=C1CCC(=O)NC1. The fraction of sp³-hybridized carbons (Fsp3) is 0.714. The number of hydrogen-bond acceptors (Lipinski definition) is 2. The highest BCUT2D eigenvalue weighted by Crippen LogP contribution is 1.95. The summed E-state index contributed by atoms with van der Waals surface area (Å²) in [5, 5.41) is 2.44. The van der Waals surface area contributed by atoms with Crippen molar-refractivity contribution < 1.29 is 9.59 Å². The van der Waals surface area contributed by atoms with Crippen molar-refractivity contribution in [1.29, 1.82) is 0 Å². The van der Waals surface area contributed by atoms with Crippen molar-refractivity contribution in [3.63, 3.8) is 0 Å². The quantitative estimate of drug-likeness (QED) is 0.536. The van der Waals surface area contributed by atoms with E-state index in [9.17, 15) is 9.59 Å². The van der Waals surface area contributed by atoms with Crippen LogP contribution in [0.1, 0.15) is 26.7 Å². The van der Waals surface area contributed by atoms with Gasteiger partial charge in [-0.3, -0.25) is 9.59 Å². The number of nitrogens with one attached hydrogen (secondary N) is 1. The minimum absolute atomic E-state index is 0.00963. The minimum Gasteiger partial charge on any atom is -0.349 e. The van der Waals surface area contributed by atoms with Gasteiger partial charge in [-0.05, 0) is 0 Å². The monoisotopic (exact) mass is 143 g/mol. The van der Waals surface area contributed by atoms with Crippen LogP contribution in [0.3, 0.4) is 0 Å². The Morgan fingerprint density at radius 2 is 1.80 bits per heavy atom. The number of amides is 1. The van der Waals surface area contributed by atoms with Gasteiger partial charge in [-0.25, -0.2) is 0 Å². The van der Waals surface area contributed by atoms with Crippen LogP contribution in [0, 0.1) is 0 Å². The first-order chi connectivity index (χ1) is 4.79. The van der Waals surface area contributed by atoms with Crippen LogP contribution in [0.5, 0.6) is 0 Å². The van der Waals surface area contributed by atoms with Crippen molar-refractivity contribution in [3.8, 4) is 0 Å². The number of hydrogen-bond donors (Lipinski definition) is 1. The normalized spacial score (nSPS) is 17.0. The summed E-state index contributed by atoms with van der Waals surface area (Å²) in [7, 11) is 0. The maximum absolute atomic E-state index is 10.4. The molecule has 0 spiro atoms. The third-order valence-corrected chi connectivity index (χ3v) is 1.11. The first kappa shape index (κ1) is 9.14. The standard InChI is InChI=1S/C5H7NO2.C2H6/c7-4-1-2-5(8)6-3-4;1-2/h1-3H2,(H,6,8);1-2H3. The van der Waals surface area contributed by atoms with Crippen LogP contribution in [0.25, 0.3) is 0 Å². The zero-order valence-corrected chi connectivity index (χ0v) is 6.44. The Morgan fingerprint density at radius 1 is 1.20 bits per heavy atom. The molecule has 0 atom stereocenters. The maximum Gasteiger partial charge on any atom is 0.220 e. The zero-order valence-electron chi connectivity index (χ0n) is 6.44. The number of piperidine rings is 1. The van der Waals surface area contributed by atoms with E-state index < -0.39 is 0 Å². The Kier molecular flexibility index (Phi) is 4.54. The van der Waals surface area contributed by atoms with Gasteiger partial charge in [-0.1, -0.05) is 13.8 Å². The topological polar surface area (TPSA) is 46.2 Å². The molecule has 1 fully saturated rings. The number of ketones is 1. The fourth-order valence-corrected chi connectivity index (χ4v) is 0.627. The van der Waals surface area contributed by atoms with Gasteiger partial charge in [0.1, 0.15) is 0 Å². The van der Waals surface area contributed by atoms with Gasteiger partial charge in [-0.2, -0.15) is 0 Å². The Bertz CT molecular complexity index is 104. The third-order valence-electron chi connectivity index (χ3n) is 1.11. The predicted octanol–water partition coefficient (Wildman–Crippen LogP) is 0.492. The Morgan fingerprint density at radius 3 is 2.10 bits per heavy atom. The predicted molar refractivity (Wildman–Crippen MR) is 38.6 cm³/mol. The summed E-state index contributed by atoms with van der Waals surface area (Å²) in [5.41, 5.74) is 0. The summed E-state index contributed by atoms with van der Waals surface area (Å²) in [6.45, 7) is 4.23. The first-order valence-electron chi connectivity index (χ1n) is 3.57. The molecule has 1 aliphatic rings. The van der Waals surface area contributed by atoms with Crippen LogP contribution >= 0.6 is 0 Å². The average molecular weight is 143 g/mol. The van der Waals surface area contributed by atoms with E-state index in [-0.39, 0.29) is 18.2 Å². The van der Waals surface area contributed by atoms with Crippen LogP contribution in [-0.4, -0.2) is 18.2 Å². The molecule has 1 rings (SSSR count). The van der Waals surface area contributed by atoms with Gasteiger partial charge in [0.05, 0.1) is 6.54 Å². The van der Waals surface area contributed by atoms with E-state index in [4.69, 9.17) is 0 Å². The fourth-order valence-electron chi connectivity index (χ4n) is 0.627. The van der Waals surface area contributed by atoms with E-state index in [1.807, 2.05) is 13.8 Å². The molecule has 0 radical (unpaired) electrons. The summed E-state index contributed by atoms with van der Waals surface area (Å²) < 4.78 is 0. The summed E-state index contributed by atoms with van der Waals surface area (Å²) in [6, 6.07) is 0. The summed E-state index contributed by atoms with van der Waals surface area (Å²) in [6.07, 6.45) is 0.796. The van der Waals surface area contributed by atoms with Gasteiger partial charge in [0.2, 0.25) is 5.91 Å². The van der Waals surface area contributed by atoms with Gasteiger partial charge < -0.3 is 5.32 Å². The Labute approximate surface area is 60.8 Å². The smallest absolute Gasteiger partial charge is 0.220 e. The van der Waals surface area contributed by atoms with E-state index >= 15 is 0 Å².